The van der Waals surface area contributed by atoms with E-state index < -0.39 is 0 Å². The summed E-state index contributed by atoms with van der Waals surface area (Å²) < 4.78 is 5.15. The second-order valence-electron chi connectivity index (χ2n) is 4.27. The van der Waals surface area contributed by atoms with Gasteiger partial charge in [0.2, 0.25) is 5.89 Å². The third kappa shape index (κ3) is 3.33. The molecule has 2 heterocycles. The van der Waals surface area contributed by atoms with Crippen LogP contribution in [0.4, 0.5) is 0 Å². The normalized spacial score (nSPS) is 20.9. The number of aromatic nitrogens is 2. The van der Waals surface area contributed by atoms with Gasteiger partial charge in [-0.05, 0) is 37.2 Å². The fourth-order valence-electron chi connectivity index (χ4n) is 1.88. The predicted octanol–water partition coefficient (Wildman–Crippen LogP) is 1.89. The van der Waals surface area contributed by atoms with E-state index >= 15 is 0 Å². The Morgan fingerprint density at radius 3 is 3.19 bits per heavy atom. The number of ketones is 1. The summed E-state index contributed by atoms with van der Waals surface area (Å²) in [5.74, 6) is 4.39. The lowest BCUT2D eigenvalue weighted by Crippen LogP contribution is -2.13. The molecule has 16 heavy (non-hydrogen) atoms. The molecule has 0 radical (unpaired) electrons. The Labute approximate surface area is 99.2 Å². The van der Waals surface area contributed by atoms with Crippen molar-refractivity contribution in [2.24, 2.45) is 5.92 Å². The van der Waals surface area contributed by atoms with Crippen LogP contribution in [0.1, 0.15) is 31.5 Å². The van der Waals surface area contributed by atoms with Crippen molar-refractivity contribution >= 4 is 17.5 Å². The van der Waals surface area contributed by atoms with E-state index in [-0.39, 0.29) is 12.2 Å². The van der Waals surface area contributed by atoms with Gasteiger partial charge in [0.25, 0.3) is 0 Å². The molecule has 0 aromatic carbocycles. The third-order valence-electron chi connectivity index (χ3n) is 2.64. The zero-order valence-electron chi connectivity index (χ0n) is 9.44. The Bertz CT molecular complexity index is 359. The summed E-state index contributed by atoms with van der Waals surface area (Å²) in [4.78, 5) is 15.1. The molecule has 1 saturated heterocycles. The van der Waals surface area contributed by atoms with Crippen LogP contribution in [0.5, 0.6) is 0 Å². The number of carbonyl (C=O) groups is 1. The minimum Gasteiger partial charge on any atom is -0.339 e. The lowest BCUT2D eigenvalue weighted by atomic mass is 10.0. The summed E-state index contributed by atoms with van der Waals surface area (Å²) in [6.45, 7) is 1.54. The van der Waals surface area contributed by atoms with Crippen molar-refractivity contribution in [3.8, 4) is 0 Å². The lowest BCUT2D eigenvalue weighted by molar-refractivity contribution is -0.116. The number of nitrogens with zero attached hydrogens (tertiary/aromatic N) is 2. The van der Waals surface area contributed by atoms with Crippen LogP contribution in [-0.4, -0.2) is 27.4 Å². The highest BCUT2D eigenvalue weighted by Crippen LogP contribution is 2.25. The van der Waals surface area contributed by atoms with Gasteiger partial charge in [0.1, 0.15) is 5.78 Å². The molecule has 0 aliphatic carbocycles. The quantitative estimate of drug-likeness (QED) is 0.804. The smallest absolute Gasteiger partial charge is 0.226 e. The molecule has 4 nitrogen and oxygen atoms in total. The summed E-state index contributed by atoms with van der Waals surface area (Å²) >= 11 is 2.00. The van der Waals surface area contributed by atoms with Crippen LogP contribution in [0.25, 0.3) is 0 Å². The first-order valence-electron chi connectivity index (χ1n) is 5.62. The first-order valence-corrected chi connectivity index (χ1v) is 6.78. The van der Waals surface area contributed by atoms with Gasteiger partial charge in [-0.3, -0.25) is 4.79 Å². The topological polar surface area (TPSA) is 56.0 Å². The number of hydrogen-bond acceptors (Lipinski definition) is 5. The highest BCUT2D eigenvalue weighted by molar-refractivity contribution is 7.99. The van der Waals surface area contributed by atoms with Gasteiger partial charge in [-0.25, -0.2) is 0 Å². The van der Waals surface area contributed by atoms with Crippen LogP contribution < -0.4 is 0 Å². The SMILES string of the molecule is CC(=O)Cc1noc(CC2CCCSC2)n1. The van der Waals surface area contributed by atoms with Gasteiger partial charge in [-0.1, -0.05) is 5.16 Å². The van der Waals surface area contributed by atoms with Crippen LogP contribution >= 0.6 is 11.8 Å². The fraction of sp³-hybridized carbons (Fsp3) is 0.727. The summed E-state index contributed by atoms with van der Waals surface area (Å²) in [5.41, 5.74) is 0. The van der Waals surface area contributed by atoms with Crippen molar-refractivity contribution in [1.29, 1.82) is 0 Å². The maximum atomic E-state index is 10.9. The molecular formula is C11H16N2O2S. The summed E-state index contributed by atoms with van der Waals surface area (Å²) in [7, 11) is 0. The molecule has 1 atom stereocenters. The van der Waals surface area contributed by atoms with Crippen LogP contribution in [0.2, 0.25) is 0 Å². The Morgan fingerprint density at radius 2 is 2.50 bits per heavy atom. The Kier molecular flexibility index (Phi) is 3.98. The average molecular weight is 240 g/mol. The van der Waals surface area contributed by atoms with Gasteiger partial charge in [-0.15, -0.1) is 0 Å². The van der Waals surface area contributed by atoms with Gasteiger partial charge in [0, 0.05) is 6.42 Å². The van der Waals surface area contributed by atoms with Gasteiger partial charge in [0.15, 0.2) is 5.82 Å². The van der Waals surface area contributed by atoms with Crippen LogP contribution in [0.3, 0.4) is 0 Å². The van der Waals surface area contributed by atoms with E-state index in [4.69, 9.17) is 4.52 Å². The largest absolute Gasteiger partial charge is 0.339 e. The predicted molar refractivity (Wildman–Crippen MR) is 62.4 cm³/mol. The van der Waals surface area contributed by atoms with Gasteiger partial charge < -0.3 is 4.52 Å². The third-order valence-corrected chi connectivity index (χ3v) is 3.92. The molecule has 88 valence electrons. The first kappa shape index (κ1) is 11.6. The van der Waals surface area contributed by atoms with Gasteiger partial charge in [0.05, 0.1) is 6.42 Å². The molecule has 1 aromatic heterocycles. The van der Waals surface area contributed by atoms with Crippen molar-refractivity contribution < 1.29 is 9.32 Å². The minimum atomic E-state index is 0.0700. The monoisotopic (exact) mass is 240 g/mol. The molecule has 0 N–H and O–H groups in total. The van der Waals surface area contributed by atoms with E-state index in [1.165, 1.54) is 31.3 Å². The zero-order valence-corrected chi connectivity index (χ0v) is 10.3. The summed E-state index contributed by atoms with van der Waals surface area (Å²) in [5, 5.41) is 3.81. The van der Waals surface area contributed by atoms with Crippen molar-refractivity contribution in [1.82, 2.24) is 10.1 Å². The van der Waals surface area contributed by atoms with Crippen molar-refractivity contribution in [2.75, 3.05) is 11.5 Å². The number of Topliss-reactive ketones (excluding diaryl/α,β-unsaturated/α-hetero) is 1. The highest BCUT2D eigenvalue weighted by Gasteiger charge is 2.18. The molecule has 5 heteroatoms. The zero-order chi connectivity index (χ0) is 11.4. The van der Waals surface area contributed by atoms with E-state index in [9.17, 15) is 4.79 Å². The van der Waals surface area contributed by atoms with Gasteiger partial charge in [-0.2, -0.15) is 16.7 Å². The molecular weight excluding hydrogens is 224 g/mol. The molecule has 0 bridgehead atoms. The van der Waals surface area contributed by atoms with E-state index in [0.717, 1.165) is 6.42 Å². The van der Waals surface area contributed by atoms with Crippen molar-refractivity contribution in [3.63, 3.8) is 0 Å². The van der Waals surface area contributed by atoms with E-state index in [0.29, 0.717) is 17.6 Å². The molecule has 0 amide bonds. The van der Waals surface area contributed by atoms with Crippen LogP contribution in [0.15, 0.2) is 4.52 Å². The number of rotatable bonds is 4. The molecule has 1 aliphatic heterocycles. The second kappa shape index (κ2) is 5.48. The maximum Gasteiger partial charge on any atom is 0.226 e. The first-order chi connectivity index (χ1) is 7.74. The van der Waals surface area contributed by atoms with Crippen molar-refractivity contribution in [2.45, 2.75) is 32.6 Å². The summed E-state index contributed by atoms with van der Waals surface area (Å²) in [6.07, 6.45) is 3.67. The van der Waals surface area contributed by atoms with Crippen LogP contribution in [-0.2, 0) is 17.6 Å². The second-order valence-corrected chi connectivity index (χ2v) is 5.42. The summed E-state index contributed by atoms with van der Waals surface area (Å²) in [6, 6.07) is 0. The molecule has 1 fully saturated rings. The molecule has 2 rings (SSSR count). The fourth-order valence-corrected chi connectivity index (χ4v) is 3.04. The van der Waals surface area contributed by atoms with E-state index in [1.54, 1.807) is 0 Å². The lowest BCUT2D eigenvalue weighted by Gasteiger charge is -2.19. The highest BCUT2D eigenvalue weighted by atomic mass is 32.2. The molecule has 0 saturated carbocycles. The molecule has 1 aliphatic rings. The standard InChI is InChI=1S/C11H16N2O2S/c1-8(14)5-10-12-11(15-13-10)6-9-3-2-4-16-7-9/h9H,2-7H2,1H3. The van der Waals surface area contributed by atoms with Gasteiger partial charge >= 0.3 is 0 Å². The number of hydrogen-bond donors (Lipinski definition) is 0. The Morgan fingerprint density at radius 1 is 1.62 bits per heavy atom. The van der Waals surface area contributed by atoms with E-state index in [2.05, 4.69) is 10.1 Å². The minimum absolute atomic E-state index is 0.0700. The Balaban J connectivity index is 1.88. The molecule has 1 unspecified atom stereocenters. The number of carbonyl (C=O) groups excluding carboxylic acids is 1. The van der Waals surface area contributed by atoms with Crippen LogP contribution in [0, 0.1) is 5.92 Å². The molecule has 0 spiro atoms. The average Bonchev–Trinajstić information content (AvgIpc) is 2.66. The number of thioether (sulfide) groups is 1. The van der Waals surface area contributed by atoms with Crippen molar-refractivity contribution in [3.05, 3.63) is 11.7 Å². The maximum absolute atomic E-state index is 10.9. The molecule has 1 aromatic rings. The Hall–Kier alpha value is -0.840. The van der Waals surface area contributed by atoms with E-state index in [1.807, 2.05) is 11.8 Å².